The van der Waals surface area contributed by atoms with Crippen LogP contribution in [-0.2, 0) is 15.6 Å². The Hall–Kier alpha value is -3.98. The van der Waals surface area contributed by atoms with Gasteiger partial charge in [0, 0.05) is 23.5 Å². The van der Waals surface area contributed by atoms with E-state index in [0.717, 1.165) is 11.3 Å². The third-order valence-corrected chi connectivity index (χ3v) is 7.18. The number of carbonyl (C=O) groups excluding carboxylic acids is 2. The number of hydrogen-bond acceptors (Lipinski definition) is 5. The predicted molar refractivity (Wildman–Crippen MR) is 162 cm³/mol. The van der Waals surface area contributed by atoms with Gasteiger partial charge in [0.15, 0.2) is 0 Å². The van der Waals surface area contributed by atoms with Crippen LogP contribution in [0, 0.1) is 5.82 Å². The molecule has 3 aromatic carbocycles. The number of halogens is 2. The van der Waals surface area contributed by atoms with Gasteiger partial charge >= 0.3 is 5.97 Å². The number of rotatable bonds is 12. The molecule has 1 aromatic heterocycles. The number of hydrogen-bond donors (Lipinski definition) is 3. The van der Waals surface area contributed by atoms with Crippen molar-refractivity contribution in [3.63, 3.8) is 0 Å². The van der Waals surface area contributed by atoms with E-state index in [-0.39, 0.29) is 43.4 Å². The van der Waals surface area contributed by atoms with E-state index in [1.54, 1.807) is 12.1 Å². The van der Waals surface area contributed by atoms with Crippen molar-refractivity contribution in [2.45, 2.75) is 57.8 Å². The van der Waals surface area contributed by atoms with Gasteiger partial charge in [-0.05, 0) is 66.3 Å². The molecule has 0 saturated carbocycles. The molecule has 42 heavy (non-hydrogen) atoms. The number of nitrogens with one attached hydrogen (secondary N) is 1. The van der Waals surface area contributed by atoms with Gasteiger partial charge in [-0.15, -0.1) is 0 Å². The van der Waals surface area contributed by atoms with E-state index in [0.29, 0.717) is 28.1 Å². The maximum absolute atomic E-state index is 14.1. The lowest BCUT2D eigenvalue weighted by atomic mass is 9.94. The topological polar surface area (TPSA) is 101 Å². The monoisotopic (exact) mass is 592 g/mol. The summed E-state index contributed by atoms with van der Waals surface area (Å²) in [7, 11) is 0. The van der Waals surface area contributed by atoms with Crippen LogP contribution < -0.4 is 5.32 Å². The molecule has 4 aromatic rings. The van der Waals surface area contributed by atoms with Crippen molar-refractivity contribution in [1.29, 1.82) is 0 Å². The van der Waals surface area contributed by atoms with Crippen molar-refractivity contribution in [3.05, 3.63) is 102 Å². The first-order valence-electron chi connectivity index (χ1n) is 13.8. The molecule has 4 rings (SSSR count). The second-order valence-corrected chi connectivity index (χ2v) is 10.6. The van der Waals surface area contributed by atoms with Crippen LogP contribution in [0.25, 0.3) is 22.4 Å². The minimum Gasteiger partial charge on any atom is -0.393 e. The van der Waals surface area contributed by atoms with Crippen molar-refractivity contribution < 1.29 is 28.5 Å². The Balaban J connectivity index is 1.86. The minimum atomic E-state index is -1.14. The summed E-state index contributed by atoms with van der Waals surface area (Å²) < 4.78 is 20.1. The molecule has 3 N–H and O–H groups in total. The van der Waals surface area contributed by atoms with Gasteiger partial charge in [0.2, 0.25) is 0 Å². The number of amides is 1. The average Bonchev–Trinajstić information content (AvgIpc) is 3.33. The van der Waals surface area contributed by atoms with Crippen LogP contribution in [0.15, 0.2) is 84.9 Å². The van der Waals surface area contributed by atoms with Gasteiger partial charge in [-0.3, -0.25) is 9.59 Å². The number of anilines is 1. The lowest BCUT2D eigenvalue weighted by Gasteiger charge is -2.20. The largest absolute Gasteiger partial charge is 0.393 e. The highest BCUT2D eigenvalue weighted by molar-refractivity contribution is 6.13. The van der Waals surface area contributed by atoms with E-state index in [4.69, 9.17) is 11.9 Å². The van der Waals surface area contributed by atoms with E-state index in [1.807, 2.05) is 79.1 Å². The van der Waals surface area contributed by atoms with Crippen LogP contribution >= 0.6 is 11.9 Å². The van der Waals surface area contributed by atoms with Gasteiger partial charge in [-0.2, -0.15) is 0 Å². The molecule has 7 nitrogen and oxygen atoms in total. The first-order chi connectivity index (χ1) is 20.2. The third kappa shape index (κ3) is 7.45. The molecule has 0 unspecified atom stereocenters. The number of aromatic nitrogens is 1. The fraction of sp³-hybridized carbons (Fsp3) is 0.273. The SMILES string of the molecule is CC(C)c1c(C(=O)Nc2ccccc2)c(-c2ccccc2)c(-c2ccc(F)cc2)n1CC[C@H](O)C[C@H](O)CC(=O)OCl. The second-order valence-electron chi connectivity index (χ2n) is 10.5. The molecular weight excluding hydrogens is 559 g/mol. The van der Waals surface area contributed by atoms with Gasteiger partial charge in [-0.25, -0.2) is 4.39 Å². The summed E-state index contributed by atoms with van der Waals surface area (Å²) in [6.45, 7) is 4.27. The van der Waals surface area contributed by atoms with Gasteiger partial charge in [-0.1, -0.05) is 62.4 Å². The Morgan fingerprint density at radius 2 is 1.52 bits per heavy atom. The van der Waals surface area contributed by atoms with E-state index >= 15 is 0 Å². The van der Waals surface area contributed by atoms with Crippen molar-refractivity contribution in [2.75, 3.05) is 5.32 Å². The molecule has 0 radical (unpaired) electrons. The quantitative estimate of drug-likeness (QED) is 0.166. The smallest absolute Gasteiger partial charge is 0.327 e. The molecule has 9 heteroatoms. The summed E-state index contributed by atoms with van der Waals surface area (Å²) in [6.07, 6.45) is -2.30. The molecule has 0 spiro atoms. The summed E-state index contributed by atoms with van der Waals surface area (Å²) >= 11 is 5.07. The third-order valence-electron chi connectivity index (χ3n) is 7.01. The zero-order chi connectivity index (χ0) is 30.2. The molecule has 0 aliphatic rings. The highest BCUT2D eigenvalue weighted by atomic mass is 35.5. The molecule has 220 valence electrons. The Kier molecular flexibility index (Phi) is 10.5. The maximum atomic E-state index is 14.1. The Bertz CT molecular complexity index is 1490. The van der Waals surface area contributed by atoms with Crippen LogP contribution in [0.5, 0.6) is 0 Å². The Morgan fingerprint density at radius 3 is 2.12 bits per heavy atom. The zero-order valence-corrected chi connectivity index (χ0v) is 24.2. The number of aliphatic hydroxyl groups excluding tert-OH is 2. The standard InChI is InChI=1S/C33H34ClFN2O5/c1-21(2)31-30(33(41)36-25-11-7-4-8-12-25)29(22-9-5-3-6-10-22)32(23-13-15-24(35)16-14-23)37(31)18-17-26(38)19-27(39)20-28(40)42-34/h3-16,21,26-27,38-39H,17-20H2,1-2H3,(H,36,41)/t26-,27-/m0/s1. The Labute approximate surface area is 249 Å². The van der Waals surface area contributed by atoms with Crippen molar-refractivity contribution in [2.24, 2.45) is 0 Å². The van der Waals surface area contributed by atoms with Gasteiger partial charge in [0.25, 0.3) is 5.91 Å². The minimum absolute atomic E-state index is 0.0664. The van der Waals surface area contributed by atoms with E-state index < -0.39 is 18.2 Å². The lowest BCUT2D eigenvalue weighted by Crippen LogP contribution is -2.23. The molecule has 1 heterocycles. The number of carbonyl (C=O) groups is 2. The van der Waals surface area contributed by atoms with Gasteiger partial charge in [0.05, 0.1) is 29.9 Å². The molecule has 0 aliphatic heterocycles. The van der Waals surface area contributed by atoms with Crippen LogP contribution in [0.1, 0.15) is 55.1 Å². The van der Waals surface area contributed by atoms with E-state index in [1.165, 1.54) is 12.1 Å². The van der Waals surface area contributed by atoms with E-state index in [2.05, 4.69) is 9.61 Å². The highest BCUT2D eigenvalue weighted by Crippen LogP contribution is 2.42. The maximum Gasteiger partial charge on any atom is 0.327 e. The van der Waals surface area contributed by atoms with Gasteiger partial charge in [0.1, 0.15) is 17.7 Å². The predicted octanol–water partition coefficient (Wildman–Crippen LogP) is 6.93. The fourth-order valence-corrected chi connectivity index (χ4v) is 5.29. The molecule has 1 amide bonds. The van der Waals surface area contributed by atoms with E-state index in [9.17, 15) is 24.2 Å². The number of benzene rings is 3. The van der Waals surface area contributed by atoms with Crippen LogP contribution in [-0.4, -0.2) is 38.9 Å². The molecule has 2 atom stereocenters. The highest BCUT2D eigenvalue weighted by Gasteiger charge is 2.31. The summed E-state index contributed by atoms with van der Waals surface area (Å²) in [4.78, 5) is 25.5. The summed E-state index contributed by atoms with van der Waals surface area (Å²) in [6, 6.07) is 24.8. The van der Waals surface area contributed by atoms with Crippen molar-refractivity contribution >= 4 is 29.4 Å². The van der Waals surface area contributed by atoms with Crippen LogP contribution in [0.3, 0.4) is 0 Å². The van der Waals surface area contributed by atoms with Crippen molar-refractivity contribution in [1.82, 2.24) is 4.57 Å². The lowest BCUT2D eigenvalue weighted by molar-refractivity contribution is -0.136. The van der Waals surface area contributed by atoms with Crippen LogP contribution in [0.2, 0.25) is 0 Å². The molecular formula is C33H34ClFN2O5. The fourth-order valence-electron chi connectivity index (χ4n) is 5.23. The first-order valence-corrected chi connectivity index (χ1v) is 14.1. The summed E-state index contributed by atoms with van der Waals surface area (Å²) in [5.74, 6) is -1.58. The zero-order valence-electron chi connectivity index (χ0n) is 23.5. The van der Waals surface area contributed by atoms with Gasteiger partial charge < -0.3 is 24.4 Å². The normalized spacial score (nSPS) is 12.6. The average molecular weight is 593 g/mol. The molecule has 0 fully saturated rings. The molecule has 0 aliphatic carbocycles. The van der Waals surface area contributed by atoms with Crippen molar-refractivity contribution in [3.8, 4) is 22.4 Å². The molecule has 0 saturated heterocycles. The summed E-state index contributed by atoms with van der Waals surface area (Å²) in [5, 5.41) is 24.0. The second kappa shape index (κ2) is 14.3. The van der Waals surface area contributed by atoms with Crippen LogP contribution in [0.4, 0.5) is 10.1 Å². The number of aliphatic hydroxyl groups is 2. The number of nitrogens with zero attached hydrogens (tertiary/aromatic N) is 1. The summed E-state index contributed by atoms with van der Waals surface area (Å²) in [5.41, 5.74) is 4.80. The molecule has 0 bridgehead atoms. The Morgan fingerprint density at radius 1 is 0.905 bits per heavy atom. The number of para-hydroxylation sites is 1. The first kappa shape index (κ1) is 31.0.